The summed E-state index contributed by atoms with van der Waals surface area (Å²) in [5, 5.41) is 9.05. The molecular weight excluding hydrogens is 198 g/mol. The maximum Gasteiger partial charge on any atom is 0.327 e. The molecule has 5 heteroatoms. The first-order valence-corrected chi connectivity index (χ1v) is 4.47. The summed E-state index contributed by atoms with van der Waals surface area (Å²) in [5.41, 5.74) is -2.13. The first-order valence-electron chi connectivity index (χ1n) is 4.47. The molecule has 1 aliphatic rings. The normalized spacial score (nSPS) is 31.3. The van der Waals surface area contributed by atoms with Gasteiger partial charge in [0.15, 0.2) is 5.41 Å². The zero-order valence-electron chi connectivity index (χ0n) is 9.16. The van der Waals surface area contributed by atoms with Gasteiger partial charge >= 0.3 is 11.9 Å². The number of rotatable bonds is 2. The lowest BCUT2D eigenvalue weighted by Gasteiger charge is -2.07. The molecule has 1 fully saturated rings. The summed E-state index contributed by atoms with van der Waals surface area (Å²) in [6, 6.07) is 1.88. The highest BCUT2D eigenvalue weighted by Gasteiger charge is 2.81. The van der Waals surface area contributed by atoms with Crippen molar-refractivity contribution >= 4 is 11.9 Å². The van der Waals surface area contributed by atoms with Crippen molar-refractivity contribution in [1.29, 1.82) is 5.26 Å². The SMILES string of the molecule is COC(=O)C1C(C)(C)[C@]1(C#N)C(=O)OC. The fourth-order valence-electron chi connectivity index (χ4n) is 2.15. The standard InChI is InChI=1S/C10H13NO4/c1-9(2)6(7(12)14-3)10(9,5-11)8(13)15-4/h6H,1-4H3/t6?,10-/m0/s1. The first kappa shape index (κ1) is 11.5. The summed E-state index contributed by atoms with van der Waals surface area (Å²) < 4.78 is 9.12. The van der Waals surface area contributed by atoms with Crippen LogP contribution in [0.2, 0.25) is 0 Å². The average Bonchev–Trinajstić information content (AvgIpc) is 2.73. The fraction of sp³-hybridized carbons (Fsp3) is 0.700. The predicted molar refractivity (Wildman–Crippen MR) is 49.3 cm³/mol. The zero-order valence-corrected chi connectivity index (χ0v) is 9.16. The summed E-state index contributed by atoms with van der Waals surface area (Å²) in [4.78, 5) is 22.9. The van der Waals surface area contributed by atoms with Crippen molar-refractivity contribution in [3.05, 3.63) is 0 Å². The van der Waals surface area contributed by atoms with Gasteiger partial charge in [0, 0.05) is 5.41 Å². The Morgan fingerprint density at radius 2 is 1.80 bits per heavy atom. The third kappa shape index (κ3) is 1.14. The number of carbonyl (C=O) groups excluding carboxylic acids is 2. The molecule has 0 aromatic rings. The minimum Gasteiger partial charge on any atom is -0.469 e. The molecule has 1 unspecified atom stereocenters. The Morgan fingerprint density at radius 1 is 1.27 bits per heavy atom. The Morgan fingerprint density at radius 3 is 2.13 bits per heavy atom. The van der Waals surface area contributed by atoms with Gasteiger partial charge in [0.2, 0.25) is 0 Å². The van der Waals surface area contributed by atoms with E-state index < -0.39 is 28.7 Å². The second-order valence-corrected chi connectivity index (χ2v) is 4.09. The number of ether oxygens (including phenoxy) is 2. The van der Waals surface area contributed by atoms with Gasteiger partial charge in [-0.25, -0.2) is 0 Å². The van der Waals surface area contributed by atoms with Crippen LogP contribution in [-0.4, -0.2) is 26.2 Å². The molecule has 0 radical (unpaired) electrons. The minimum absolute atomic E-state index is 0.549. The maximum atomic E-state index is 11.5. The first-order chi connectivity index (χ1) is 6.90. The van der Waals surface area contributed by atoms with E-state index in [4.69, 9.17) is 5.26 Å². The molecule has 15 heavy (non-hydrogen) atoms. The van der Waals surface area contributed by atoms with Gasteiger partial charge in [-0.15, -0.1) is 0 Å². The molecule has 0 aliphatic heterocycles. The number of hydrogen-bond donors (Lipinski definition) is 0. The van der Waals surface area contributed by atoms with Crippen molar-refractivity contribution in [2.45, 2.75) is 13.8 Å². The van der Waals surface area contributed by atoms with Crippen LogP contribution in [0.4, 0.5) is 0 Å². The zero-order chi connectivity index (χ0) is 11.9. The van der Waals surface area contributed by atoms with Crippen molar-refractivity contribution in [2.75, 3.05) is 14.2 Å². The summed E-state index contributed by atoms with van der Waals surface area (Å²) >= 11 is 0. The van der Waals surface area contributed by atoms with E-state index in [-0.39, 0.29) is 0 Å². The second-order valence-electron chi connectivity index (χ2n) is 4.09. The lowest BCUT2D eigenvalue weighted by atomic mass is 9.98. The highest BCUT2D eigenvalue weighted by Crippen LogP contribution is 2.69. The van der Waals surface area contributed by atoms with E-state index in [1.54, 1.807) is 13.8 Å². The van der Waals surface area contributed by atoms with E-state index >= 15 is 0 Å². The predicted octanol–water partition coefficient (Wildman–Crippen LogP) is 0.498. The molecule has 0 bridgehead atoms. The molecule has 82 valence electrons. The molecule has 0 aromatic heterocycles. The highest BCUT2D eigenvalue weighted by molar-refractivity contribution is 5.96. The van der Waals surface area contributed by atoms with Crippen molar-refractivity contribution in [2.24, 2.45) is 16.7 Å². The summed E-state index contributed by atoms with van der Waals surface area (Å²) in [7, 11) is 2.43. The molecule has 2 atom stereocenters. The average molecular weight is 211 g/mol. The Balaban J connectivity index is 3.11. The van der Waals surface area contributed by atoms with E-state index in [1.807, 2.05) is 6.07 Å². The molecule has 0 heterocycles. The Kier molecular flexibility index (Phi) is 2.48. The van der Waals surface area contributed by atoms with Crippen LogP contribution in [0.1, 0.15) is 13.8 Å². The molecule has 1 aliphatic carbocycles. The van der Waals surface area contributed by atoms with Crippen LogP contribution < -0.4 is 0 Å². The van der Waals surface area contributed by atoms with Gasteiger partial charge in [-0.3, -0.25) is 9.59 Å². The molecule has 1 saturated carbocycles. The van der Waals surface area contributed by atoms with Gasteiger partial charge in [-0.05, 0) is 0 Å². The van der Waals surface area contributed by atoms with Crippen LogP contribution in [0, 0.1) is 28.1 Å². The lowest BCUT2D eigenvalue weighted by Crippen LogP contribution is -2.23. The third-order valence-electron chi connectivity index (χ3n) is 3.21. The summed E-state index contributed by atoms with van der Waals surface area (Å²) in [5.74, 6) is -1.97. The fourth-order valence-corrected chi connectivity index (χ4v) is 2.15. The number of hydrogen-bond acceptors (Lipinski definition) is 5. The molecule has 0 saturated heterocycles. The lowest BCUT2D eigenvalue weighted by molar-refractivity contribution is -0.150. The highest BCUT2D eigenvalue weighted by atomic mass is 16.5. The Labute approximate surface area is 88.0 Å². The van der Waals surface area contributed by atoms with E-state index in [0.717, 1.165) is 0 Å². The Bertz CT molecular complexity index is 355. The molecular formula is C10H13NO4. The molecule has 0 amide bonds. The molecule has 0 N–H and O–H groups in total. The van der Waals surface area contributed by atoms with E-state index in [2.05, 4.69) is 9.47 Å². The second kappa shape index (κ2) is 3.23. The number of carbonyl (C=O) groups is 2. The number of nitrogens with zero attached hydrogens (tertiary/aromatic N) is 1. The van der Waals surface area contributed by atoms with Gasteiger partial charge in [0.05, 0.1) is 26.2 Å². The molecule has 0 aromatic carbocycles. The van der Waals surface area contributed by atoms with Gasteiger partial charge in [-0.1, -0.05) is 13.8 Å². The maximum absolute atomic E-state index is 11.5. The van der Waals surface area contributed by atoms with Crippen LogP contribution in [0.5, 0.6) is 0 Å². The summed E-state index contributed by atoms with van der Waals surface area (Å²) in [6.45, 7) is 3.35. The van der Waals surface area contributed by atoms with Crippen molar-refractivity contribution in [3.8, 4) is 6.07 Å². The quantitative estimate of drug-likeness (QED) is 0.621. The van der Waals surface area contributed by atoms with E-state index in [0.29, 0.717) is 0 Å². The molecule has 0 spiro atoms. The largest absolute Gasteiger partial charge is 0.469 e. The van der Waals surface area contributed by atoms with Gasteiger partial charge in [-0.2, -0.15) is 5.26 Å². The monoisotopic (exact) mass is 211 g/mol. The molecule has 5 nitrogen and oxygen atoms in total. The topological polar surface area (TPSA) is 76.4 Å². The van der Waals surface area contributed by atoms with Crippen LogP contribution in [0.15, 0.2) is 0 Å². The smallest absolute Gasteiger partial charge is 0.327 e. The van der Waals surface area contributed by atoms with Crippen LogP contribution in [-0.2, 0) is 19.1 Å². The van der Waals surface area contributed by atoms with Crippen LogP contribution in [0.3, 0.4) is 0 Å². The van der Waals surface area contributed by atoms with Crippen molar-refractivity contribution in [1.82, 2.24) is 0 Å². The number of esters is 2. The number of nitriles is 1. The van der Waals surface area contributed by atoms with E-state index in [9.17, 15) is 9.59 Å². The molecule has 1 rings (SSSR count). The Hall–Kier alpha value is -1.57. The van der Waals surface area contributed by atoms with Crippen molar-refractivity contribution < 1.29 is 19.1 Å². The van der Waals surface area contributed by atoms with Crippen molar-refractivity contribution in [3.63, 3.8) is 0 Å². The number of methoxy groups -OCH3 is 2. The third-order valence-corrected chi connectivity index (χ3v) is 3.21. The minimum atomic E-state index is -1.39. The van der Waals surface area contributed by atoms with Gasteiger partial charge in [0.25, 0.3) is 0 Å². The van der Waals surface area contributed by atoms with Gasteiger partial charge < -0.3 is 9.47 Å². The van der Waals surface area contributed by atoms with Crippen LogP contribution in [0.25, 0.3) is 0 Å². The van der Waals surface area contributed by atoms with Gasteiger partial charge in [0.1, 0.15) is 0 Å². The van der Waals surface area contributed by atoms with Crippen LogP contribution >= 0.6 is 0 Å². The van der Waals surface area contributed by atoms with E-state index in [1.165, 1.54) is 14.2 Å². The summed E-state index contributed by atoms with van der Waals surface area (Å²) in [6.07, 6.45) is 0.